The van der Waals surface area contributed by atoms with Crippen molar-refractivity contribution in [3.63, 3.8) is 0 Å². The first-order valence-corrected chi connectivity index (χ1v) is 7.24. The van der Waals surface area contributed by atoms with Crippen molar-refractivity contribution < 1.29 is 9.90 Å². The highest BCUT2D eigenvalue weighted by molar-refractivity contribution is 5.74. The first-order valence-electron chi connectivity index (χ1n) is 7.24. The second-order valence-electron chi connectivity index (χ2n) is 5.50. The molecule has 4 heteroatoms. The van der Waals surface area contributed by atoms with E-state index >= 15 is 0 Å². The summed E-state index contributed by atoms with van der Waals surface area (Å²) in [4.78, 5) is 13.9. The van der Waals surface area contributed by atoms with Crippen LogP contribution in [-0.2, 0) is 0 Å². The predicted octanol–water partition coefficient (Wildman–Crippen LogP) is 2.23. The Morgan fingerprint density at radius 1 is 1.33 bits per heavy atom. The minimum Gasteiger partial charge on any atom is -0.396 e. The van der Waals surface area contributed by atoms with Gasteiger partial charge in [0.05, 0.1) is 0 Å². The molecule has 2 N–H and O–H groups in total. The van der Waals surface area contributed by atoms with E-state index < -0.39 is 0 Å². The molecule has 1 heterocycles. The third-order valence-corrected chi connectivity index (χ3v) is 4.70. The standard InChI is InChI=1S/C14H28N2O2/c1-4-14(5-2,6-3)11-15-13(18)16-8-7-12(9-16)10-17/h12,17H,4-11H2,1-3H3,(H,15,18). The van der Waals surface area contributed by atoms with Crippen LogP contribution in [0, 0.1) is 11.3 Å². The van der Waals surface area contributed by atoms with E-state index in [1.807, 2.05) is 4.90 Å². The average Bonchev–Trinajstić information content (AvgIpc) is 2.89. The highest BCUT2D eigenvalue weighted by atomic mass is 16.3. The lowest BCUT2D eigenvalue weighted by Crippen LogP contribution is -2.43. The molecule has 1 unspecified atom stereocenters. The van der Waals surface area contributed by atoms with Crippen molar-refractivity contribution in [3.8, 4) is 0 Å². The number of aliphatic hydroxyl groups excluding tert-OH is 1. The van der Waals surface area contributed by atoms with E-state index in [1.54, 1.807) is 0 Å². The third-order valence-electron chi connectivity index (χ3n) is 4.70. The van der Waals surface area contributed by atoms with E-state index in [4.69, 9.17) is 5.11 Å². The summed E-state index contributed by atoms with van der Waals surface area (Å²) in [6, 6.07) is 0.0330. The van der Waals surface area contributed by atoms with Crippen molar-refractivity contribution in [3.05, 3.63) is 0 Å². The van der Waals surface area contributed by atoms with Gasteiger partial charge in [0.2, 0.25) is 0 Å². The topological polar surface area (TPSA) is 52.6 Å². The largest absolute Gasteiger partial charge is 0.396 e. The van der Waals surface area contributed by atoms with Crippen LogP contribution in [-0.4, -0.2) is 42.3 Å². The predicted molar refractivity (Wildman–Crippen MR) is 73.5 cm³/mol. The Morgan fingerprint density at radius 3 is 2.39 bits per heavy atom. The summed E-state index contributed by atoms with van der Waals surface area (Å²) in [5.41, 5.74) is 0.242. The van der Waals surface area contributed by atoms with Gasteiger partial charge in [0.25, 0.3) is 0 Å². The van der Waals surface area contributed by atoms with Gasteiger partial charge in [-0.05, 0) is 31.1 Å². The zero-order chi connectivity index (χ0) is 13.6. The van der Waals surface area contributed by atoms with Crippen LogP contribution in [0.2, 0.25) is 0 Å². The lowest BCUT2D eigenvalue weighted by atomic mass is 9.80. The number of urea groups is 1. The van der Waals surface area contributed by atoms with E-state index in [0.717, 1.165) is 38.8 Å². The van der Waals surface area contributed by atoms with Crippen LogP contribution < -0.4 is 5.32 Å². The Morgan fingerprint density at radius 2 is 1.94 bits per heavy atom. The third kappa shape index (κ3) is 3.61. The SMILES string of the molecule is CCC(CC)(CC)CNC(=O)N1CCC(CO)C1. The molecule has 1 saturated heterocycles. The summed E-state index contributed by atoms with van der Waals surface area (Å²) in [7, 11) is 0. The molecular weight excluding hydrogens is 228 g/mol. The minimum absolute atomic E-state index is 0.0330. The van der Waals surface area contributed by atoms with E-state index in [1.165, 1.54) is 0 Å². The van der Waals surface area contributed by atoms with Gasteiger partial charge in [-0.1, -0.05) is 20.8 Å². The molecule has 0 bridgehead atoms. The number of likely N-dealkylation sites (tertiary alicyclic amines) is 1. The van der Waals surface area contributed by atoms with E-state index in [9.17, 15) is 4.79 Å². The summed E-state index contributed by atoms with van der Waals surface area (Å²) < 4.78 is 0. The van der Waals surface area contributed by atoms with Crippen LogP contribution in [0.25, 0.3) is 0 Å². The number of carbonyl (C=O) groups is 1. The van der Waals surface area contributed by atoms with Gasteiger partial charge in [0.15, 0.2) is 0 Å². The molecule has 0 aliphatic carbocycles. The molecule has 0 saturated carbocycles. The van der Waals surface area contributed by atoms with Gasteiger partial charge < -0.3 is 15.3 Å². The molecule has 4 nitrogen and oxygen atoms in total. The Labute approximate surface area is 111 Å². The van der Waals surface area contributed by atoms with Crippen LogP contribution in [0.3, 0.4) is 0 Å². The number of carbonyl (C=O) groups excluding carboxylic acids is 1. The number of hydrogen-bond donors (Lipinski definition) is 2. The fraction of sp³-hybridized carbons (Fsp3) is 0.929. The molecule has 0 aromatic heterocycles. The number of rotatable bonds is 6. The maximum atomic E-state index is 12.0. The summed E-state index contributed by atoms with van der Waals surface area (Å²) in [5, 5.41) is 12.1. The summed E-state index contributed by atoms with van der Waals surface area (Å²) in [6.45, 7) is 8.99. The van der Waals surface area contributed by atoms with Gasteiger partial charge in [-0.15, -0.1) is 0 Å². The molecule has 18 heavy (non-hydrogen) atoms. The van der Waals surface area contributed by atoms with Crippen molar-refractivity contribution in [1.29, 1.82) is 0 Å². The second kappa shape index (κ2) is 6.98. The van der Waals surface area contributed by atoms with Gasteiger partial charge in [-0.25, -0.2) is 4.79 Å². The van der Waals surface area contributed by atoms with E-state index in [2.05, 4.69) is 26.1 Å². The Bertz CT molecular complexity index is 256. The van der Waals surface area contributed by atoms with Gasteiger partial charge in [0.1, 0.15) is 0 Å². The highest BCUT2D eigenvalue weighted by Gasteiger charge is 2.28. The molecule has 1 rings (SSSR count). The summed E-state index contributed by atoms with van der Waals surface area (Å²) >= 11 is 0. The molecular formula is C14H28N2O2. The first kappa shape index (κ1) is 15.3. The lowest BCUT2D eigenvalue weighted by Gasteiger charge is -2.31. The van der Waals surface area contributed by atoms with Crippen LogP contribution in [0.5, 0.6) is 0 Å². The highest BCUT2D eigenvalue weighted by Crippen LogP contribution is 2.29. The maximum Gasteiger partial charge on any atom is 0.317 e. The number of nitrogens with one attached hydrogen (secondary N) is 1. The fourth-order valence-electron chi connectivity index (χ4n) is 2.67. The number of nitrogens with zero attached hydrogens (tertiary/aromatic N) is 1. The van der Waals surface area contributed by atoms with Gasteiger partial charge in [0, 0.05) is 32.2 Å². The summed E-state index contributed by atoms with van der Waals surface area (Å²) in [5.74, 6) is 0.268. The number of amides is 2. The van der Waals surface area contributed by atoms with Gasteiger partial charge >= 0.3 is 6.03 Å². The van der Waals surface area contributed by atoms with Gasteiger partial charge in [-0.2, -0.15) is 0 Å². The monoisotopic (exact) mass is 256 g/mol. The van der Waals surface area contributed by atoms with Crippen LogP contribution in [0.1, 0.15) is 46.5 Å². The fourth-order valence-corrected chi connectivity index (χ4v) is 2.67. The lowest BCUT2D eigenvalue weighted by molar-refractivity contribution is 0.184. The second-order valence-corrected chi connectivity index (χ2v) is 5.50. The van der Waals surface area contributed by atoms with Crippen molar-refractivity contribution in [2.24, 2.45) is 11.3 Å². The molecule has 1 atom stereocenters. The zero-order valence-electron chi connectivity index (χ0n) is 12.0. The van der Waals surface area contributed by atoms with Crippen molar-refractivity contribution in [1.82, 2.24) is 10.2 Å². The zero-order valence-corrected chi connectivity index (χ0v) is 12.0. The number of aliphatic hydroxyl groups is 1. The summed E-state index contributed by atoms with van der Waals surface area (Å²) in [6.07, 6.45) is 4.21. The van der Waals surface area contributed by atoms with E-state index in [-0.39, 0.29) is 24.0 Å². The van der Waals surface area contributed by atoms with Crippen LogP contribution in [0.4, 0.5) is 4.79 Å². The van der Waals surface area contributed by atoms with Gasteiger partial charge in [-0.3, -0.25) is 0 Å². The molecule has 0 aromatic rings. The average molecular weight is 256 g/mol. The Balaban J connectivity index is 2.41. The molecule has 1 aliphatic rings. The molecule has 0 radical (unpaired) electrons. The quantitative estimate of drug-likeness (QED) is 0.765. The molecule has 2 amide bonds. The molecule has 0 aromatic carbocycles. The Kier molecular flexibility index (Phi) is 5.93. The number of hydrogen-bond acceptors (Lipinski definition) is 2. The van der Waals surface area contributed by atoms with Crippen LogP contribution in [0.15, 0.2) is 0 Å². The maximum absolute atomic E-state index is 12.0. The first-order chi connectivity index (χ1) is 8.60. The molecule has 106 valence electrons. The van der Waals surface area contributed by atoms with Crippen molar-refractivity contribution >= 4 is 6.03 Å². The Hall–Kier alpha value is -0.770. The normalized spacial score (nSPS) is 20.2. The van der Waals surface area contributed by atoms with E-state index in [0.29, 0.717) is 6.54 Å². The minimum atomic E-state index is 0.0330. The van der Waals surface area contributed by atoms with Crippen LogP contribution >= 0.6 is 0 Å². The molecule has 1 fully saturated rings. The van der Waals surface area contributed by atoms with Crippen molar-refractivity contribution in [2.75, 3.05) is 26.2 Å². The van der Waals surface area contributed by atoms with Crippen molar-refractivity contribution in [2.45, 2.75) is 46.5 Å². The molecule has 1 aliphatic heterocycles. The smallest absolute Gasteiger partial charge is 0.317 e. The molecule has 0 spiro atoms.